The number of ether oxygens (including phenoxy) is 2. The topological polar surface area (TPSA) is 70.4 Å². The molecule has 0 saturated carbocycles. The van der Waals surface area contributed by atoms with Crippen molar-refractivity contribution in [3.8, 4) is 11.4 Å². The molecule has 0 spiro atoms. The van der Waals surface area contributed by atoms with Crippen molar-refractivity contribution in [2.45, 2.75) is 19.1 Å². The molecule has 0 unspecified atom stereocenters. The van der Waals surface area contributed by atoms with Gasteiger partial charge in [-0.15, -0.1) is 0 Å². The van der Waals surface area contributed by atoms with Gasteiger partial charge in [-0.2, -0.15) is 0 Å². The fraction of sp³-hybridized carbons (Fsp3) is 0.316. The Morgan fingerprint density at radius 3 is 2.46 bits per heavy atom. The second-order valence-electron chi connectivity index (χ2n) is 6.18. The van der Waals surface area contributed by atoms with Gasteiger partial charge in [0.05, 0.1) is 30.0 Å². The van der Waals surface area contributed by atoms with Gasteiger partial charge in [-0.3, -0.25) is 0 Å². The van der Waals surface area contributed by atoms with Crippen molar-refractivity contribution >= 4 is 21.1 Å². The molecular weight excluding hydrogens is 352 g/mol. The van der Waals surface area contributed by atoms with E-state index >= 15 is 0 Å². The standard InChI is InChI=1S/C19H20N2O4S/c22-26(23,14-11-18-24-12-6-13-25-18)21-17-10-5-4-9-16(17)20-19(21)15-7-2-1-3-8-15/h1-5,7-10,18H,6,11-14H2. The highest BCUT2D eigenvalue weighted by Crippen LogP contribution is 2.27. The van der Waals surface area contributed by atoms with E-state index in [0.29, 0.717) is 36.5 Å². The highest BCUT2D eigenvalue weighted by atomic mass is 32.2. The van der Waals surface area contributed by atoms with Crippen LogP contribution in [0.15, 0.2) is 54.6 Å². The lowest BCUT2D eigenvalue weighted by atomic mass is 10.2. The molecule has 26 heavy (non-hydrogen) atoms. The van der Waals surface area contributed by atoms with Gasteiger partial charge >= 0.3 is 0 Å². The Bertz CT molecular complexity index is 993. The van der Waals surface area contributed by atoms with Crippen molar-refractivity contribution in [1.29, 1.82) is 0 Å². The average Bonchev–Trinajstić information content (AvgIpc) is 3.09. The van der Waals surface area contributed by atoms with Gasteiger partial charge in [-0.05, 0) is 18.6 Å². The Kier molecular flexibility index (Phi) is 4.76. The fourth-order valence-electron chi connectivity index (χ4n) is 3.09. The molecule has 4 rings (SSSR count). The number of nitrogens with zero attached hydrogens (tertiary/aromatic N) is 2. The molecule has 6 nitrogen and oxygen atoms in total. The van der Waals surface area contributed by atoms with Gasteiger partial charge in [0.15, 0.2) is 12.1 Å². The zero-order valence-corrected chi connectivity index (χ0v) is 15.1. The van der Waals surface area contributed by atoms with E-state index in [1.807, 2.05) is 48.5 Å². The average molecular weight is 372 g/mol. The van der Waals surface area contributed by atoms with Crippen LogP contribution in [0.2, 0.25) is 0 Å². The molecule has 1 aliphatic rings. The van der Waals surface area contributed by atoms with Crippen LogP contribution in [0, 0.1) is 0 Å². The lowest BCUT2D eigenvalue weighted by Gasteiger charge is -2.23. The van der Waals surface area contributed by atoms with Gasteiger partial charge in [-0.25, -0.2) is 17.4 Å². The summed E-state index contributed by atoms with van der Waals surface area (Å²) in [6.45, 7) is 1.21. The maximum atomic E-state index is 13.2. The van der Waals surface area contributed by atoms with Crippen molar-refractivity contribution in [3.05, 3.63) is 54.6 Å². The third kappa shape index (κ3) is 3.38. The number of aromatic nitrogens is 2. The molecule has 0 atom stereocenters. The number of rotatable bonds is 5. The van der Waals surface area contributed by atoms with Gasteiger partial charge in [0.2, 0.25) is 10.0 Å². The minimum absolute atomic E-state index is 0.0716. The fourth-order valence-corrected chi connectivity index (χ4v) is 4.63. The lowest BCUT2D eigenvalue weighted by molar-refractivity contribution is -0.178. The summed E-state index contributed by atoms with van der Waals surface area (Å²) in [6, 6.07) is 16.6. The predicted octanol–water partition coefficient (Wildman–Crippen LogP) is 3.03. The van der Waals surface area contributed by atoms with Crippen LogP contribution >= 0.6 is 0 Å². The number of benzene rings is 2. The highest BCUT2D eigenvalue weighted by Gasteiger charge is 2.25. The Hall–Kier alpha value is -2.22. The second kappa shape index (κ2) is 7.19. The van der Waals surface area contributed by atoms with Crippen molar-refractivity contribution < 1.29 is 17.9 Å². The smallest absolute Gasteiger partial charge is 0.241 e. The Morgan fingerprint density at radius 1 is 1.00 bits per heavy atom. The van der Waals surface area contributed by atoms with Crippen LogP contribution in [0.4, 0.5) is 0 Å². The summed E-state index contributed by atoms with van der Waals surface area (Å²) in [5.74, 6) is 0.356. The number of hydrogen-bond donors (Lipinski definition) is 0. The van der Waals surface area contributed by atoms with Crippen LogP contribution in [0.1, 0.15) is 12.8 Å². The van der Waals surface area contributed by atoms with Crippen LogP contribution in [-0.4, -0.2) is 42.6 Å². The monoisotopic (exact) mass is 372 g/mol. The third-order valence-electron chi connectivity index (χ3n) is 4.34. The summed E-state index contributed by atoms with van der Waals surface area (Å²) in [4.78, 5) is 4.57. The maximum absolute atomic E-state index is 13.2. The summed E-state index contributed by atoms with van der Waals surface area (Å²) >= 11 is 0. The molecule has 0 radical (unpaired) electrons. The van der Waals surface area contributed by atoms with E-state index in [-0.39, 0.29) is 5.75 Å². The molecule has 0 amide bonds. The lowest BCUT2D eigenvalue weighted by Crippen LogP contribution is -2.28. The first-order valence-corrected chi connectivity index (χ1v) is 10.3. The van der Waals surface area contributed by atoms with E-state index in [1.165, 1.54) is 3.97 Å². The zero-order chi connectivity index (χ0) is 18.0. The second-order valence-corrected chi connectivity index (χ2v) is 8.12. The molecule has 1 aliphatic heterocycles. The van der Waals surface area contributed by atoms with Crippen molar-refractivity contribution in [1.82, 2.24) is 8.96 Å². The molecule has 1 aromatic heterocycles. The first-order valence-electron chi connectivity index (χ1n) is 8.64. The highest BCUT2D eigenvalue weighted by molar-refractivity contribution is 7.90. The zero-order valence-electron chi connectivity index (χ0n) is 14.2. The molecule has 2 aromatic carbocycles. The van der Waals surface area contributed by atoms with E-state index in [9.17, 15) is 8.42 Å². The van der Waals surface area contributed by atoms with Crippen LogP contribution < -0.4 is 0 Å². The van der Waals surface area contributed by atoms with E-state index < -0.39 is 16.3 Å². The summed E-state index contributed by atoms with van der Waals surface area (Å²) < 4.78 is 38.6. The van der Waals surface area contributed by atoms with Crippen LogP contribution in [0.5, 0.6) is 0 Å². The molecule has 2 heterocycles. The summed E-state index contributed by atoms with van der Waals surface area (Å²) in [7, 11) is -3.63. The normalized spacial score (nSPS) is 16.2. The summed E-state index contributed by atoms with van der Waals surface area (Å²) in [5, 5.41) is 0. The molecule has 7 heteroatoms. The van der Waals surface area contributed by atoms with Gasteiger partial charge in [0, 0.05) is 12.0 Å². The van der Waals surface area contributed by atoms with Gasteiger partial charge in [0.1, 0.15) is 0 Å². The van der Waals surface area contributed by atoms with Crippen LogP contribution in [0.25, 0.3) is 22.4 Å². The number of hydrogen-bond acceptors (Lipinski definition) is 5. The number of para-hydroxylation sites is 2. The maximum Gasteiger partial charge on any atom is 0.241 e. The largest absolute Gasteiger partial charge is 0.353 e. The molecule has 1 fully saturated rings. The van der Waals surface area contributed by atoms with E-state index in [1.54, 1.807) is 6.07 Å². The van der Waals surface area contributed by atoms with Crippen molar-refractivity contribution in [3.63, 3.8) is 0 Å². The van der Waals surface area contributed by atoms with Gasteiger partial charge in [-0.1, -0.05) is 42.5 Å². The minimum atomic E-state index is -3.63. The molecule has 0 aliphatic carbocycles. The SMILES string of the molecule is O=S(=O)(CCC1OCCCO1)n1c(-c2ccccc2)nc2ccccc21. The minimum Gasteiger partial charge on any atom is -0.353 e. The Morgan fingerprint density at radius 2 is 1.69 bits per heavy atom. The quantitative estimate of drug-likeness (QED) is 0.688. The molecular formula is C19H20N2O4S. The number of imidazole rings is 1. The van der Waals surface area contributed by atoms with Gasteiger partial charge < -0.3 is 9.47 Å². The summed E-state index contributed by atoms with van der Waals surface area (Å²) in [6.07, 6.45) is 0.671. The molecule has 136 valence electrons. The van der Waals surface area contributed by atoms with E-state index in [0.717, 1.165) is 12.0 Å². The number of fused-ring (bicyclic) bond motifs is 1. The van der Waals surface area contributed by atoms with E-state index in [4.69, 9.17) is 9.47 Å². The Labute approximate surface area is 152 Å². The van der Waals surface area contributed by atoms with Crippen molar-refractivity contribution in [2.75, 3.05) is 19.0 Å². The molecule has 3 aromatic rings. The predicted molar refractivity (Wildman–Crippen MR) is 99.3 cm³/mol. The van der Waals surface area contributed by atoms with Crippen molar-refractivity contribution in [2.24, 2.45) is 0 Å². The van der Waals surface area contributed by atoms with Gasteiger partial charge in [0.25, 0.3) is 0 Å². The van der Waals surface area contributed by atoms with Crippen LogP contribution in [0.3, 0.4) is 0 Å². The van der Waals surface area contributed by atoms with Crippen LogP contribution in [-0.2, 0) is 19.5 Å². The first-order chi connectivity index (χ1) is 12.6. The van der Waals surface area contributed by atoms with E-state index in [2.05, 4.69) is 4.98 Å². The Balaban J connectivity index is 1.74. The molecule has 1 saturated heterocycles. The summed E-state index contributed by atoms with van der Waals surface area (Å²) in [5.41, 5.74) is 1.99. The third-order valence-corrected chi connectivity index (χ3v) is 6.01. The first kappa shape index (κ1) is 17.2. The molecule has 0 bridgehead atoms. The molecule has 0 N–H and O–H groups in total.